The van der Waals surface area contributed by atoms with Gasteiger partial charge in [-0.05, 0) is 76.5 Å². The minimum atomic E-state index is -0.567. The first-order chi connectivity index (χ1) is 18.9. The fraction of sp³-hybridized carbons (Fsp3) is 0.0606. The first-order valence-corrected chi connectivity index (χ1v) is 13.3. The Hall–Kier alpha value is -4.99. The minimum absolute atomic E-state index is 0.00548. The lowest BCUT2D eigenvalue weighted by Crippen LogP contribution is -2.39. The number of anilines is 3. The van der Waals surface area contributed by atoms with Gasteiger partial charge in [-0.1, -0.05) is 60.7 Å². The Morgan fingerprint density at radius 1 is 0.769 bits per heavy atom. The maximum Gasteiger partial charge on any atom is 0.271 e. The zero-order chi connectivity index (χ0) is 27.1. The number of likely N-dealkylation sites (N-methyl/N-ethyl adjacent to an activating group) is 1. The second-order valence-electron chi connectivity index (χ2n) is 9.41. The standard InChI is InChI=1S/C33H23N3O2S/c1-21-29(32(37)35(2)33(38)30(21)20-34)19-28-15-16-31(39-28)36(26-13-11-22-7-3-5-9-24(22)17-26)27-14-12-23-8-4-6-10-25(23)18-27/h3-19H,1-2H3/b29-19+. The van der Waals surface area contributed by atoms with E-state index in [-0.39, 0.29) is 5.57 Å². The van der Waals surface area contributed by atoms with E-state index in [1.807, 2.05) is 42.5 Å². The quantitative estimate of drug-likeness (QED) is 0.178. The monoisotopic (exact) mass is 525 g/mol. The highest BCUT2D eigenvalue weighted by Gasteiger charge is 2.33. The van der Waals surface area contributed by atoms with Crippen LogP contribution in [-0.4, -0.2) is 23.8 Å². The molecule has 0 radical (unpaired) electrons. The summed E-state index contributed by atoms with van der Waals surface area (Å²) >= 11 is 1.54. The average molecular weight is 526 g/mol. The highest BCUT2D eigenvalue weighted by Crippen LogP contribution is 2.41. The predicted octanol–water partition coefficient (Wildman–Crippen LogP) is 7.75. The Balaban J connectivity index is 1.49. The summed E-state index contributed by atoms with van der Waals surface area (Å²) in [4.78, 5) is 29.4. The molecule has 2 amide bonds. The van der Waals surface area contributed by atoms with Crippen LogP contribution in [0.25, 0.3) is 27.6 Å². The predicted molar refractivity (Wildman–Crippen MR) is 158 cm³/mol. The van der Waals surface area contributed by atoms with Crippen LogP contribution in [0, 0.1) is 11.3 Å². The molecule has 0 atom stereocenters. The van der Waals surface area contributed by atoms with Crippen LogP contribution < -0.4 is 4.90 Å². The summed E-state index contributed by atoms with van der Waals surface area (Å²) in [6, 6.07) is 35.4. The van der Waals surface area contributed by atoms with Crippen LogP contribution in [0.5, 0.6) is 0 Å². The van der Waals surface area contributed by atoms with E-state index < -0.39 is 11.8 Å². The number of carbonyl (C=O) groups is 2. The smallest absolute Gasteiger partial charge is 0.271 e. The third-order valence-corrected chi connectivity index (χ3v) is 8.06. The van der Waals surface area contributed by atoms with E-state index in [2.05, 4.69) is 65.6 Å². The molecule has 0 bridgehead atoms. The number of hydrogen-bond acceptors (Lipinski definition) is 5. The van der Waals surface area contributed by atoms with Crippen LogP contribution in [0.4, 0.5) is 16.4 Å². The van der Waals surface area contributed by atoms with E-state index in [1.54, 1.807) is 13.0 Å². The summed E-state index contributed by atoms with van der Waals surface area (Å²) in [5.74, 6) is -0.977. The minimum Gasteiger partial charge on any atom is -0.302 e. The molecule has 0 saturated carbocycles. The fourth-order valence-corrected chi connectivity index (χ4v) is 5.91. The number of thiophene rings is 1. The number of fused-ring (bicyclic) bond motifs is 2. The number of nitrogens with zero attached hydrogens (tertiary/aromatic N) is 3. The van der Waals surface area contributed by atoms with Gasteiger partial charge in [-0.2, -0.15) is 5.26 Å². The lowest BCUT2D eigenvalue weighted by molar-refractivity contribution is -0.138. The maximum atomic E-state index is 12.9. The molecule has 6 rings (SSSR count). The van der Waals surface area contributed by atoms with Crippen LogP contribution in [0.2, 0.25) is 0 Å². The van der Waals surface area contributed by atoms with Crippen molar-refractivity contribution >= 4 is 67.1 Å². The summed E-state index contributed by atoms with van der Waals surface area (Å²) in [5, 5.41) is 15.1. The van der Waals surface area contributed by atoms with Gasteiger partial charge in [-0.25, -0.2) is 0 Å². The van der Waals surface area contributed by atoms with Crippen molar-refractivity contribution in [1.82, 2.24) is 4.90 Å². The Kier molecular flexibility index (Phi) is 6.07. The van der Waals surface area contributed by atoms with Gasteiger partial charge in [0.1, 0.15) is 16.6 Å². The molecule has 0 spiro atoms. The summed E-state index contributed by atoms with van der Waals surface area (Å²) in [7, 11) is 1.41. The second kappa shape index (κ2) is 9.71. The first-order valence-electron chi connectivity index (χ1n) is 12.5. The van der Waals surface area contributed by atoms with E-state index in [1.165, 1.54) is 29.2 Å². The molecule has 5 nitrogen and oxygen atoms in total. The van der Waals surface area contributed by atoms with Gasteiger partial charge >= 0.3 is 0 Å². The van der Waals surface area contributed by atoms with Gasteiger partial charge in [0.2, 0.25) is 0 Å². The molecule has 0 unspecified atom stereocenters. The number of amides is 2. The Bertz CT molecular complexity index is 1830. The van der Waals surface area contributed by atoms with Gasteiger partial charge in [0.25, 0.3) is 11.8 Å². The molecule has 1 aromatic heterocycles. The molecule has 39 heavy (non-hydrogen) atoms. The van der Waals surface area contributed by atoms with Crippen molar-refractivity contribution in [3.8, 4) is 6.07 Å². The number of imide groups is 1. The van der Waals surface area contributed by atoms with Gasteiger partial charge in [-0.15, -0.1) is 11.3 Å². The lowest BCUT2D eigenvalue weighted by atomic mass is 9.95. The summed E-state index contributed by atoms with van der Waals surface area (Å²) in [6.45, 7) is 1.65. The molecule has 0 fully saturated rings. The van der Waals surface area contributed by atoms with Crippen LogP contribution in [-0.2, 0) is 9.59 Å². The molecule has 0 aliphatic carbocycles. The van der Waals surface area contributed by atoms with E-state index in [4.69, 9.17) is 0 Å². The molecule has 188 valence electrons. The third kappa shape index (κ3) is 4.29. The van der Waals surface area contributed by atoms with Gasteiger partial charge in [0, 0.05) is 28.9 Å². The maximum absolute atomic E-state index is 12.9. The molecule has 0 saturated heterocycles. The topological polar surface area (TPSA) is 64.4 Å². The van der Waals surface area contributed by atoms with E-state index in [0.717, 1.165) is 36.9 Å². The van der Waals surface area contributed by atoms with Crippen LogP contribution in [0.3, 0.4) is 0 Å². The molecule has 1 aliphatic rings. The van der Waals surface area contributed by atoms with E-state index in [9.17, 15) is 14.9 Å². The van der Waals surface area contributed by atoms with E-state index in [0.29, 0.717) is 11.1 Å². The number of rotatable bonds is 4. The summed E-state index contributed by atoms with van der Waals surface area (Å²) < 4.78 is 0. The third-order valence-electron chi connectivity index (χ3n) is 7.05. The zero-order valence-electron chi connectivity index (χ0n) is 21.4. The zero-order valence-corrected chi connectivity index (χ0v) is 22.2. The second-order valence-corrected chi connectivity index (χ2v) is 10.5. The first kappa shape index (κ1) is 24.4. The van der Waals surface area contributed by atoms with Crippen LogP contribution in [0.1, 0.15) is 11.8 Å². The van der Waals surface area contributed by atoms with Gasteiger partial charge in [-0.3, -0.25) is 14.5 Å². The van der Waals surface area contributed by atoms with Crippen molar-refractivity contribution in [3.05, 3.63) is 119 Å². The molecule has 0 N–H and O–H groups in total. The van der Waals surface area contributed by atoms with Crippen molar-refractivity contribution in [1.29, 1.82) is 5.26 Å². The van der Waals surface area contributed by atoms with Crippen LogP contribution in [0.15, 0.2) is 114 Å². The molecule has 4 aromatic carbocycles. The van der Waals surface area contributed by atoms with Crippen molar-refractivity contribution < 1.29 is 9.59 Å². The average Bonchev–Trinajstić information content (AvgIpc) is 3.42. The molecule has 2 heterocycles. The number of nitriles is 1. The van der Waals surface area contributed by atoms with Crippen molar-refractivity contribution in [2.75, 3.05) is 11.9 Å². The lowest BCUT2D eigenvalue weighted by Gasteiger charge is -2.24. The van der Waals surface area contributed by atoms with Gasteiger partial charge in [0.15, 0.2) is 0 Å². The van der Waals surface area contributed by atoms with E-state index >= 15 is 0 Å². The normalized spacial score (nSPS) is 14.9. The number of carbonyl (C=O) groups excluding carboxylic acids is 2. The van der Waals surface area contributed by atoms with Gasteiger partial charge in [0.05, 0.1) is 0 Å². The number of benzene rings is 4. The summed E-state index contributed by atoms with van der Waals surface area (Å²) in [6.07, 6.45) is 1.77. The summed E-state index contributed by atoms with van der Waals surface area (Å²) in [5.41, 5.74) is 2.79. The Labute approximate surface area is 230 Å². The van der Waals surface area contributed by atoms with Crippen LogP contribution >= 0.6 is 11.3 Å². The van der Waals surface area contributed by atoms with Gasteiger partial charge < -0.3 is 4.90 Å². The molecular weight excluding hydrogens is 502 g/mol. The molecule has 6 heteroatoms. The van der Waals surface area contributed by atoms with Crippen molar-refractivity contribution in [2.45, 2.75) is 6.92 Å². The molecular formula is C33H23N3O2S. The number of hydrogen-bond donors (Lipinski definition) is 0. The fourth-order valence-electron chi connectivity index (χ4n) is 4.92. The Morgan fingerprint density at radius 3 is 1.90 bits per heavy atom. The van der Waals surface area contributed by atoms with Crippen molar-refractivity contribution in [2.24, 2.45) is 0 Å². The Morgan fingerprint density at radius 2 is 1.33 bits per heavy atom. The van der Waals surface area contributed by atoms with Crippen molar-refractivity contribution in [3.63, 3.8) is 0 Å². The molecule has 1 aliphatic heterocycles. The highest BCUT2D eigenvalue weighted by atomic mass is 32.1. The highest BCUT2D eigenvalue weighted by molar-refractivity contribution is 7.17. The largest absolute Gasteiger partial charge is 0.302 e. The SMILES string of the molecule is CC1=C(C#N)C(=O)N(C)C(=O)/C1=C/c1ccc(N(c2ccc3ccccc3c2)c2ccc3ccccc3c2)s1. The molecule has 5 aromatic rings.